The fourth-order valence-electron chi connectivity index (χ4n) is 2.76. The standard InChI is InChI=1S/C19H17N3O3S/c1-24-14-4-5-16-15(8-14)12(9-20-16)7-18(23)21-10-13-11-25-19(22-13)17-3-2-6-26-17/h2-6,8-9,11,20H,7,10H2,1H3,(H,21,23). The van der Waals surface area contributed by atoms with Crippen molar-refractivity contribution in [1.82, 2.24) is 15.3 Å². The number of nitrogens with one attached hydrogen (secondary N) is 2. The Labute approximate surface area is 153 Å². The second-order valence-corrected chi connectivity index (χ2v) is 6.75. The van der Waals surface area contributed by atoms with Crippen LogP contribution < -0.4 is 10.1 Å². The van der Waals surface area contributed by atoms with Crippen LogP contribution in [-0.4, -0.2) is 23.0 Å². The number of nitrogens with zero attached hydrogens (tertiary/aromatic N) is 1. The number of H-pyrrole nitrogens is 1. The van der Waals surface area contributed by atoms with Crippen molar-refractivity contribution in [2.24, 2.45) is 0 Å². The van der Waals surface area contributed by atoms with Gasteiger partial charge < -0.3 is 19.5 Å². The molecular formula is C19H17N3O3S. The number of methoxy groups -OCH3 is 1. The van der Waals surface area contributed by atoms with Gasteiger partial charge in [-0.05, 0) is 35.2 Å². The topological polar surface area (TPSA) is 80.2 Å². The van der Waals surface area contributed by atoms with Crippen LogP contribution in [0.3, 0.4) is 0 Å². The van der Waals surface area contributed by atoms with E-state index in [-0.39, 0.29) is 12.3 Å². The molecule has 132 valence electrons. The quantitative estimate of drug-likeness (QED) is 0.544. The summed E-state index contributed by atoms with van der Waals surface area (Å²) in [7, 11) is 1.63. The van der Waals surface area contributed by atoms with Crippen LogP contribution in [-0.2, 0) is 17.8 Å². The molecule has 0 aliphatic carbocycles. The van der Waals surface area contributed by atoms with Crippen molar-refractivity contribution in [3.05, 3.63) is 59.4 Å². The fourth-order valence-corrected chi connectivity index (χ4v) is 3.41. The third-order valence-electron chi connectivity index (χ3n) is 4.08. The normalized spacial score (nSPS) is 11.0. The second kappa shape index (κ2) is 7.05. The number of amides is 1. The minimum atomic E-state index is -0.0746. The summed E-state index contributed by atoms with van der Waals surface area (Å²) in [5, 5.41) is 5.84. The zero-order valence-corrected chi connectivity index (χ0v) is 14.9. The Kier molecular flexibility index (Phi) is 4.45. The van der Waals surface area contributed by atoms with Crippen LogP contribution in [0.5, 0.6) is 5.75 Å². The number of benzene rings is 1. The highest BCUT2D eigenvalue weighted by Gasteiger charge is 2.12. The monoisotopic (exact) mass is 367 g/mol. The first kappa shape index (κ1) is 16.4. The van der Waals surface area contributed by atoms with Crippen molar-refractivity contribution in [3.8, 4) is 16.5 Å². The summed E-state index contributed by atoms with van der Waals surface area (Å²) in [5.74, 6) is 1.27. The molecule has 0 fully saturated rings. The van der Waals surface area contributed by atoms with Gasteiger partial charge in [0, 0.05) is 17.1 Å². The van der Waals surface area contributed by atoms with E-state index < -0.39 is 0 Å². The Bertz CT molecular complexity index is 1030. The first-order valence-corrected chi connectivity index (χ1v) is 9.00. The van der Waals surface area contributed by atoms with Crippen molar-refractivity contribution in [1.29, 1.82) is 0 Å². The molecule has 0 unspecified atom stereocenters. The van der Waals surface area contributed by atoms with Gasteiger partial charge in [0.1, 0.15) is 12.0 Å². The molecule has 4 aromatic rings. The van der Waals surface area contributed by atoms with E-state index >= 15 is 0 Å². The number of thiophene rings is 1. The van der Waals surface area contributed by atoms with Gasteiger partial charge in [-0.15, -0.1) is 11.3 Å². The average Bonchev–Trinajstić information content (AvgIpc) is 3.40. The van der Waals surface area contributed by atoms with E-state index in [0.29, 0.717) is 18.1 Å². The first-order valence-electron chi connectivity index (χ1n) is 8.12. The van der Waals surface area contributed by atoms with Crippen molar-refractivity contribution >= 4 is 28.1 Å². The summed E-state index contributed by atoms with van der Waals surface area (Å²) in [6, 6.07) is 9.65. The molecule has 7 heteroatoms. The molecule has 6 nitrogen and oxygen atoms in total. The van der Waals surface area contributed by atoms with Crippen LogP contribution in [0, 0.1) is 0 Å². The molecule has 2 N–H and O–H groups in total. The lowest BCUT2D eigenvalue weighted by atomic mass is 10.1. The Morgan fingerprint density at radius 2 is 2.31 bits per heavy atom. The largest absolute Gasteiger partial charge is 0.497 e. The maximum absolute atomic E-state index is 12.3. The smallest absolute Gasteiger partial charge is 0.236 e. The van der Waals surface area contributed by atoms with Gasteiger partial charge in [-0.3, -0.25) is 4.79 Å². The predicted octanol–water partition coefficient (Wildman–Crippen LogP) is 3.75. The Hall–Kier alpha value is -3.06. The molecule has 0 radical (unpaired) electrons. The van der Waals surface area contributed by atoms with Gasteiger partial charge in [-0.1, -0.05) is 6.07 Å². The lowest BCUT2D eigenvalue weighted by Crippen LogP contribution is -2.24. The van der Waals surface area contributed by atoms with Gasteiger partial charge in [0.25, 0.3) is 0 Å². The number of fused-ring (bicyclic) bond motifs is 1. The third kappa shape index (κ3) is 3.34. The van der Waals surface area contributed by atoms with E-state index in [1.54, 1.807) is 24.7 Å². The summed E-state index contributed by atoms with van der Waals surface area (Å²) >= 11 is 1.56. The average molecular weight is 367 g/mol. The molecule has 0 aliphatic heterocycles. The number of carbonyl (C=O) groups is 1. The van der Waals surface area contributed by atoms with E-state index in [0.717, 1.165) is 27.1 Å². The number of rotatable bonds is 6. The molecule has 1 amide bonds. The van der Waals surface area contributed by atoms with Gasteiger partial charge >= 0.3 is 0 Å². The zero-order valence-electron chi connectivity index (χ0n) is 14.1. The number of aromatic nitrogens is 2. The highest BCUT2D eigenvalue weighted by molar-refractivity contribution is 7.13. The van der Waals surface area contributed by atoms with Gasteiger partial charge in [-0.25, -0.2) is 4.98 Å². The lowest BCUT2D eigenvalue weighted by molar-refractivity contribution is -0.120. The van der Waals surface area contributed by atoms with Crippen molar-refractivity contribution in [2.45, 2.75) is 13.0 Å². The fraction of sp³-hybridized carbons (Fsp3) is 0.158. The molecule has 0 bridgehead atoms. The second-order valence-electron chi connectivity index (χ2n) is 5.80. The van der Waals surface area contributed by atoms with Gasteiger partial charge in [-0.2, -0.15) is 0 Å². The highest BCUT2D eigenvalue weighted by atomic mass is 32.1. The first-order chi connectivity index (χ1) is 12.7. The molecule has 0 saturated carbocycles. The molecular weight excluding hydrogens is 350 g/mol. The van der Waals surface area contributed by atoms with E-state index in [1.165, 1.54) is 0 Å². The Balaban J connectivity index is 1.40. The van der Waals surface area contributed by atoms with Crippen molar-refractivity contribution in [2.75, 3.05) is 7.11 Å². The number of aromatic amines is 1. The SMILES string of the molecule is COc1ccc2[nH]cc(CC(=O)NCc3coc(-c4cccs4)n3)c2c1. The summed E-state index contributed by atoms with van der Waals surface area (Å²) in [6.07, 6.45) is 3.71. The van der Waals surface area contributed by atoms with Crippen LogP contribution in [0.4, 0.5) is 0 Å². The molecule has 26 heavy (non-hydrogen) atoms. The number of hydrogen-bond acceptors (Lipinski definition) is 5. The van der Waals surface area contributed by atoms with Crippen molar-refractivity contribution in [3.63, 3.8) is 0 Å². The summed E-state index contributed by atoms with van der Waals surface area (Å²) in [5.41, 5.74) is 2.60. The van der Waals surface area contributed by atoms with Gasteiger partial charge in [0.05, 0.1) is 30.6 Å². The summed E-state index contributed by atoms with van der Waals surface area (Å²) in [4.78, 5) is 20.8. The van der Waals surface area contributed by atoms with E-state index in [9.17, 15) is 4.79 Å². The summed E-state index contributed by atoms with van der Waals surface area (Å²) < 4.78 is 10.7. The number of oxazole rings is 1. The third-order valence-corrected chi connectivity index (χ3v) is 4.93. The molecule has 0 saturated heterocycles. The zero-order chi connectivity index (χ0) is 17.9. The Morgan fingerprint density at radius 1 is 1.38 bits per heavy atom. The van der Waals surface area contributed by atoms with Crippen LogP contribution >= 0.6 is 11.3 Å². The van der Waals surface area contributed by atoms with Gasteiger partial charge in [0.2, 0.25) is 11.8 Å². The predicted molar refractivity (Wildman–Crippen MR) is 100 cm³/mol. The van der Waals surface area contributed by atoms with Crippen LogP contribution in [0.2, 0.25) is 0 Å². The maximum atomic E-state index is 12.3. The molecule has 1 aromatic carbocycles. The van der Waals surface area contributed by atoms with Crippen molar-refractivity contribution < 1.29 is 13.9 Å². The van der Waals surface area contributed by atoms with E-state index in [4.69, 9.17) is 9.15 Å². The number of carbonyl (C=O) groups excluding carboxylic acids is 1. The molecule has 0 aliphatic rings. The Morgan fingerprint density at radius 3 is 3.12 bits per heavy atom. The molecule has 0 atom stereocenters. The maximum Gasteiger partial charge on any atom is 0.236 e. The highest BCUT2D eigenvalue weighted by Crippen LogP contribution is 2.25. The van der Waals surface area contributed by atoms with Crippen LogP contribution in [0.1, 0.15) is 11.3 Å². The lowest BCUT2D eigenvalue weighted by Gasteiger charge is -2.03. The molecule has 3 heterocycles. The number of ether oxygens (including phenoxy) is 1. The molecule has 0 spiro atoms. The molecule has 4 rings (SSSR count). The van der Waals surface area contributed by atoms with Crippen LogP contribution in [0.25, 0.3) is 21.7 Å². The minimum absolute atomic E-state index is 0.0746. The molecule has 3 aromatic heterocycles. The van der Waals surface area contributed by atoms with E-state index in [1.807, 2.05) is 41.9 Å². The summed E-state index contributed by atoms with van der Waals surface area (Å²) in [6.45, 7) is 0.333. The van der Waals surface area contributed by atoms with Crippen LogP contribution in [0.15, 0.2) is 52.6 Å². The van der Waals surface area contributed by atoms with E-state index in [2.05, 4.69) is 15.3 Å². The number of hydrogen-bond donors (Lipinski definition) is 2. The van der Waals surface area contributed by atoms with Gasteiger partial charge in [0.15, 0.2) is 0 Å². The minimum Gasteiger partial charge on any atom is -0.497 e.